The van der Waals surface area contributed by atoms with Crippen LogP contribution in [-0.4, -0.2) is 87.3 Å². The molecule has 0 spiro atoms. The molecule has 2 saturated heterocycles. The number of anilines is 1. The van der Waals surface area contributed by atoms with E-state index in [1.807, 2.05) is 30.3 Å². The highest BCUT2D eigenvalue weighted by Crippen LogP contribution is 2.39. The van der Waals surface area contributed by atoms with E-state index in [-0.39, 0.29) is 35.7 Å². The van der Waals surface area contributed by atoms with Gasteiger partial charge >= 0.3 is 0 Å². The van der Waals surface area contributed by atoms with Gasteiger partial charge in [-0.15, -0.1) is 0 Å². The number of imide groups is 1. The lowest BCUT2D eigenvalue weighted by molar-refractivity contribution is -0.136. The summed E-state index contributed by atoms with van der Waals surface area (Å²) in [5.74, 6) is 0.154. The molecular weight excluding hydrogens is 626 g/mol. The van der Waals surface area contributed by atoms with E-state index in [0.29, 0.717) is 66.3 Å². The third-order valence-electron chi connectivity index (χ3n) is 10.0. The number of aromatic nitrogens is 3. The van der Waals surface area contributed by atoms with E-state index in [1.165, 1.54) is 17.1 Å². The minimum absolute atomic E-state index is 0.0813. The molecule has 3 aliphatic heterocycles. The Balaban J connectivity index is 1.13. The fourth-order valence-corrected chi connectivity index (χ4v) is 7.53. The van der Waals surface area contributed by atoms with Crippen molar-refractivity contribution >= 4 is 34.3 Å². The molecule has 0 radical (unpaired) electrons. The van der Waals surface area contributed by atoms with Gasteiger partial charge in [0.15, 0.2) is 0 Å². The fourth-order valence-electron chi connectivity index (χ4n) is 7.53. The van der Waals surface area contributed by atoms with Crippen LogP contribution in [0.4, 0.5) is 5.69 Å². The van der Waals surface area contributed by atoms with E-state index < -0.39 is 24.5 Å². The number of nitrogens with one attached hydrogen (secondary N) is 1. The Morgan fingerprint density at radius 2 is 1.69 bits per heavy atom. The first kappa shape index (κ1) is 28.8. The number of ether oxygens (including phenoxy) is 2. The average Bonchev–Trinajstić information content (AvgIpc) is 3.65. The molecule has 2 aromatic carbocycles. The van der Waals surface area contributed by atoms with Crippen LogP contribution in [-0.2, 0) is 36.7 Å². The molecule has 3 amide bonds. The van der Waals surface area contributed by atoms with Gasteiger partial charge in [0.25, 0.3) is 11.5 Å². The zero-order valence-corrected chi connectivity index (χ0v) is 28.1. The number of piperazine rings is 1. The van der Waals surface area contributed by atoms with Gasteiger partial charge in [0.1, 0.15) is 23.1 Å². The van der Waals surface area contributed by atoms with Crippen molar-refractivity contribution in [1.29, 1.82) is 0 Å². The highest BCUT2D eigenvalue weighted by molar-refractivity contribution is 6.05. The number of pyridine rings is 1. The lowest BCUT2D eigenvalue weighted by atomic mass is 9.99. The van der Waals surface area contributed by atoms with E-state index in [1.54, 1.807) is 26.2 Å². The fraction of sp³-hybridized carbons (Fsp3) is 0.417. The van der Waals surface area contributed by atoms with Crippen LogP contribution in [0.2, 0.25) is 0 Å². The Morgan fingerprint density at radius 3 is 2.35 bits per heavy atom. The largest absolute Gasteiger partial charge is 0.496 e. The highest BCUT2D eigenvalue weighted by Gasteiger charge is 2.40. The van der Waals surface area contributed by atoms with Gasteiger partial charge in [0.05, 0.1) is 25.2 Å². The highest BCUT2D eigenvalue weighted by atomic mass is 16.5. The van der Waals surface area contributed by atoms with Crippen LogP contribution in [0, 0.1) is 0 Å². The quantitative estimate of drug-likeness (QED) is 0.295. The molecule has 0 saturated carbocycles. The smallest absolute Gasteiger partial charge is 0.261 e. The summed E-state index contributed by atoms with van der Waals surface area (Å²) in [6, 6.07) is 9.03. The summed E-state index contributed by atoms with van der Waals surface area (Å²) in [4.78, 5) is 56.9. The number of nitrogens with zero attached hydrogens (tertiary/aromatic N) is 6. The van der Waals surface area contributed by atoms with E-state index in [2.05, 4.69) is 34.1 Å². The first-order chi connectivity index (χ1) is 24.7. The van der Waals surface area contributed by atoms with Crippen LogP contribution in [0.5, 0.6) is 11.5 Å². The number of rotatable bonds is 7. The van der Waals surface area contributed by atoms with Crippen LogP contribution >= 0.6 is 0 Å². The van der Waals surface area contributed by atoms with Gasteiger partial charge in [-0.25, -0.2) is 0 Å². The third kappa shape index (κ3) is 5.61. The summed E-state index contributed by atoms with van der Waals surface area (Å²) in [6.45, 7) is 3.81. The van der Waals surface area contributed by atoms with Crippen LogP contribution in [0.25, 0.3) is 22.0 Å². The number of hydrogen-bond acceptors (Lipinski definition) is 9. The van der Waals surface area contributed by atoms with E-state index in [9.17, 15) is 19.2 Å². The van der Waals surface area contributed by atoms with Gasteiger partial charge in [0, 0.05) is 92.0 Å². The molecule has 13 nitrogen and oxygen atoms in total. The van der Waals surface area contributed by atoms with Crippen LogP contribution in [0.15, 0.2) is 47.5 Å². The van der Waals surface area contributed by atoms with Crippen LogP contribution in [0.1, 0.15) is 52.3 Å². The SMILES string of the molecule is [2H]C([2H])([2H])n1cc(-c2cc(OC)c(CN3[C@H](C)CN(c4ccc5c(c4)C(=O)N(C4CCC(=O)NC4=O)C5)C[C@H]3C)c(OC)c2)c2nn(C)cc2c1=O. The number of amides is 3. The van der Waals surface area contributed by atoms with Crippen molar-refractivity contribution in [3.05, 3.63) is 69.8 Å². The summed E-state index contributed by atoms with van der Waals surface area (Å²) in [6.07, 6.45) is 3.37. The van der Waals surface area contributed by atoms with E-state index in [4.69, 9.17) is 13.6 Å². The Labute approximate surface area is 288 Å². The summed E-state index contributed by atoms with van der Waals surface area (Å²) in [7, 11) is 4.82. The maximum atomic E-state index is 13.5. The molecule has 3 atom stereocenters. The summed E-state index contributed by atoms with van der Waals surface area (Å²) >= 11 is 0. The molecule has 49 heavy (non-hydrogen) atoms. The predicted molar refractivity (Wildman–Crippen MR) is 184 cm³/mol. The molecule has 0 bridgehead atoms. The first-order valence-corrected chi connectivity index (χ1v) is 16.3. The number of carbonyl (C=O) groups excluding carboxylic acids is 3. The molecule has 1 unspecified atom stereocenters. The van der Waals surface area contributed by atoms with Crippen LogP contribution in [0.3, 0.4) is 0 Å². The Morgan fingerprint density at radius 1 is 0.980 bits per heavy atom. The van der Waals surface area contributed by atoms with Gasteiger partial charge in [0.2, 0.25) is 11.8 Å². The molecule has 1 N–H and O–H groups in total. The molecule has 4 aromatic rings. The summed E-state index contributed by atoms with van der Waals surface area (Å²) in [5.41, 5.74) is 3.96. The van der Waals surface area contributed by atoms with E-state index >= 15 is 0 Å². The van der Waals surface area contributed by atoms with Crippen molar-refractivity contribution in [2.45, 2.75) is 57.9 Å². The topological polar surface area (TPSA) is 131 Å². The lowest BCUT2D eigenvalue weighted by Crippen LogP contribution is -2.56. The second-order valence-electron chi connectivity index (χ2n) is 13.2. The average molecular weight is 671 g/mol. The van der Waals surface area contributed by atoms with Crippen molar-refractivity contribution in [3.63, 3.8) is 0 Å². The predicted octanol–water partition coefficient (Wildman–Crippen LogP) is 2.82. The molecule has 5 heterocycles. The number of fused-ring (bicyclic) bond motifs is 2. The second-order valence-corrected chi connectivity index (χ2v) is 13.2. The summed E-state index contributed by atoms with van der Waals surface area (Å²) < 4.78 is 38.0. The lowest BCUT2D eigenvalue weighted by Gasteiger charge is -2.45. The molecule has 7 rings (SSSR count). The minimum Gasteiger partial charge on any atom is -0.496 e. The van der Waals surface area contributed by atoms with Crippen molar-refractivity contribution in [2.24, 2.45) is 14.0 Å². The Bertz CT molecular complexity index is 2140. The Kier molecular flexibility index (Phi) is 7.27. The number of aryl methyl sites for hydroxylation is 2. The molecule has 2 fully saturated rings. The van der Waals surface area contributed by atoms with E-state index in [0.717, 1.165) is 21.4 Å². The maximum absolute atomic E-state index is 13.5. The van der Waals surface area contributed by atoms with Crippen molar-refractivity contribution in [2.75, 3.05) is 32.2 Å². The second kappa shape index (κ2) is 12.4. The monoisotopic (exact) mass is 670 g/mol. The first-order valence-electron chi connectivity index (χ1n) is 17.8. The number of carbonyl (C=O) groups is 3. The van der Waals surface area contributed by atoms with Crippen LogP contribution < -0.4 is 25.2 Å². The minimum atomic E-state index is -2.69. The molecule has 3 aliphatic rings. The van der Waals surface area contributed by atoms with Crippen molar-refractivity contribution < 1.29 is 28.0 Å². The number of hydrogen-bond donors (Lipinski definition) is 1. The van der Waals surface area contributed by atoms with Gasteiger partial charge in [-0.2, -0.15) is 5.10 Å². The zero-order valence-electron chi connectivity index (χ0n) is 31.1. The zero-order chi connectivity index (χ0) is 37.2. The third-order valence-corrected chi connectivity index (χ3v) is 10.0. The number of benzene rings is 2. The standard InChI is InChI=1S/C36H41N7O6/c1-20-14-41(24-8-7-22-16-43(36(47)25(22)13-24)29-9-10-32(44)37-34(29)45)15-21(2)42(20)19-27-30(48-5)11-23(12-31(27)49-6)26-17-39(3)35(46)28-18-40(4)38-33(26)28/h7-8,11-13,17-18,20-21,29H,9-10,14-16,19H2,1-6H3,(H,37,44,45)/t20-,21-,29?/m1/s1/i3D3. The van der Waals surface area contributed by atoms with Crippen molar-refractivity contribution in [3.8, 4) is 22.6 Å². The maximum Gasteiger partial charge on any atom is 0.261 e. The van der Waals surface area contributed by atoms with Gasteiger partial charge in [-0.1, -0.05) is 6.07 Å². The number of piperidine rings is 1. The molecular formula is C36H41N7O6. The van der Waals surface area contributed by atoms with Gasteiger partial charge in [-0.3, -0.25) is 34.1 Å². The molecule has 13 heteroatoms. The Hall–Kier alpha value is -5.17. The van der Waals surface area contributed by atoms with Gasteiger partial charge in [-0.05, 0) is 55.7 Å². The normalized spacial score (nSPS) is 22.5. The number of methoxy groups -OCH3 is 2. The molecule has 2 aromatic heterocycles. The van der Waals surface area contributed by atoms with Crippen molar-refractivity contribution in [1.82, 2.24) is 29.5 Å². The summed E-state index contributed by atoms with van der Waals surface area (Å²) in [5, 5.41) is 7.03. The molecule has 256 valence electrons. The molecule has 0 aliphatic carbocycles. The van der Waals surface area contributed by atoms with Gasteiger partial charge < -0.3 is 23.8 Å².